The number of ether oxygens (including phenoxy) is 2. The fourth-order valence-electron chi connectivity index (χ4n) is 2.68. The normalized spacial score (nSPS) is 20.9. The maximum absolute atomic E-state index is 5.55. The number of nitrogens with one attached hydrogen (secondary N) is 1. The molecule has 1 unspecified atom stereocenters. The highest BCUT2D eigenvalue weighted by atomic mass is 16.5. The molecule has 1 N–H and O–H groups in total. The topological polar surface area (TPSA) is 33.7 Å². The summed E-state index contributed by atoms with van der Waals surface area (Å²) in [5.41, 5.74) is 2.34. The zero-order chi connectivity index (χ0) is 13.8. The van der Waals surface area contributed by atoms with Crippen molar-refractivity contribution in [1.29, 1.82) is 0 Å². The van der Waals surface area contributed by atoms with E-state index in [9.17, 15) is 0 Å². The van der Waals surface area contributed by atoms with Crippen molar-refractivity contribution in [3.05, 3.63) is 23.3 Å². The number of nitrogens with zero attached hydrogens (tertiary/aromatic N) is 1. The van der Waals surface area contributed by atoms with Crippen molar-refractivity contribution >= 4 is 0 Å². The van der Waals surface area contributed by atoms with E-state index in [-0.39, 0.29) is 0 Å². The number of benzene rings is 1. The Hall–Kier alpha value is -1.26. The van der Waals surface area contributed by atoms with Crippen molar-refractivity contribution in [2.24, 2.45) is 0 Å². The lowest BCUT2D eigenvalue weighted by Crippen LogP contribution is -2.25. The van der Waals surface area contributed by atoms with E-state index >= 15 is 0 Å². The van der Waals surface area contributed by atoms with Gasteiger partial charge in [0, 0.05) is 37.7 Å². The van der Waals surface area contributed by atoms with Gasteiger partial charge in [-0.2, -0.15) is 0 Å². The number of likely N-dealkylation sites (N-methyl/N-ethyl adjacent to an activating group) is 1. The number of methoxy groups -OCH3 is 2. The SMILES string of the molecule is COc1cc(C2CNCCN(C)C2)c(OC)cc1C. The average molecular weight is 264 g/mol. The van der Waals surface area contributed by atoms with Crippen LogP contribution in [-0.4, -0.2) is 52.3 Å². The third kappa shape index (κ3) is 3.19. The minimum atomic E-state index is 0.428. The van der Waals surface area contributed by atoms with E-state index in [0.29, 0.717) is 5.92 Å². The highest BCUT2D eigenvalue weighted by molar-refractivity contribution is 5.47. The quantitative estimate of drug-likeness (QED) is 0.900. The number of hydrogen-bond donors (Lipinski definition) is 1. The molecule has 0 spiro atoms. The molecule has 1 aliphatic heterocycles. The summed E-state index contributed by atoms with van der Waals surface area (Å²) in [7, 11) is 5.62. The van der Waals surface area contributed by atoms with Gasteiger partial charge in [-0.25, -0.2) is 0 Å². The summed E-state index contributed by atoms with van der Waals surface area (Å²) in [4.78, 5) is 2.36. The second kappa shape index (κ2) is 6.26. The monoisotopic (exact) mass is 264 g/mol. The molecule has 1 aliphatic rings. The summed E-state index contributed by atoms with van der Waals surface area (Å²) in [5, 5.41) is 3.49. The van der Waals surface area contributed by atoms with Gasteiger partial charge in [-0.1, -0.05) is 0 Å². The van der Waals surface area contributed by atoms with Gasteiger partial charge in [-0.15, -0.1) is 0 Å². The second-order valence-electron chi connectivity index (χ2n) is 5.23. The van der Waals surface area contributed by atoms with Crippen molar-refractivity contribution in [3.63, 3.8) is 0 Å². The van der Waals surface area contributed by atoms with Crippen LogP contribution >= 0.6 is 0 Å². The average Bonchev–Trinajstić information content (AvgIpc) is 2.63. The first kappa shape index (κ1) is 14.2. The molecule has 1 fully saturated rings. The molecular weight excluding hydrogens is 240 g/mol. The van der Waals surface area contributed by atoms with Gasteiger partial charge in [0.1, 0.15) is 11.5 Å². The Kier molecular flexibility index (Phi) is 4.66. The van der Waals surface area contributed by atoms with E-state index in [1.807, 2.05) is 6.92 Å². The Labute approximate surface area is 115 Å². The molecule has 1 atom stereocenters. The second-order valence-corrected chi connectivity index (χ2v) is 5.23. The van der Waals surface area contributed by atoms with Crippen LogP contribution in [0, 0.1) is 6.92 Å². The largest absolute Gasteiger partial charge is 0.496 e. The molecular formula is C15H24N2O2. The Balaban J connectivity index is 2.35. The standard InChI is InChI=1S/C15H24N2O2/c1-11-7-15(19-4)13(8-14(11)18-3)12-9-16-5-6-17(2)10-12/h7-8,12,16H,5-6,9-10H2,1-4H3. The van der Waals surface area contributed by atoms with Crippen LogP contribution in [-0.2, 0) is 0 Å². The summed E-state index contributed by atoms with van der Waals surface area (Å²) in [6, 6.07) is 4.19. The molecule has 0 aromatic heterocycles. The predicted molar refractivity (Wildman–Crippen MR) is 77.4 cm³/mol. The number of rotatable bonds is 3. The molecule has 0 radical (unpaired) electrons. The van der Waals surface area contributed by atoms with E-state index in [1.165, 1.54) is 5.56 Å². The van der Waals surface area contributed by atoms with E-state index in [4.69, 9.17) is 9.47 Å². The predicted octanol–water partition coefficient (Wildman–Crippen LogP) is 1.63. The van der Waals surface area contributed by atoms with E-state index < -0.39 is 0 Å². The lowest BCUT2D eigenvalue weighted by Gasteiger charge is -2.23. The molecule has 1 aromatic rings. The smallest absolute Gasteiger partial charge is 0.122 e. The number of hydrogen-bond acceptors (Lipinski definition) is 4. The third-order valence-corrected chi connectivity index (χ3v) is 3.78. The first-order valence-corrected chi connectivity index (χ1v) is 6.77. The van der Waals surface area contributed by atoms with Crippen LogP contribution in [0.4, 0.5) is 0 Å². The molecule has 1 aromatic carbocycles. The molecule has 0 bridgehead atoms. The van der Waals surface area contributed by atoms with Gasteiger partial charge in [-0.3, -0.25) is 0 Å². The van der Waals surface area contributed by atoms with Gasteiger partial charge in [0.25, 0.3) is 0 Å². The molecule has 1 saturated heterocycles. The molecule has 2 rings (SSSR count). The molecule has 4 nitrogen and oxygen atoms in total. The third-order valence-electron chi connectivity index (χ3n) is 3.78. The van der Waals surface area contributed by atoms with Crippen LogP contribution in [0.2, 0.25) is 0 Å². The maximum atomic E-state index is 5.55. The molecule has 0 saturated carbocycles. The Morgan fingerprint density at radius 2 is 1.95 bits per heavy atom. The van der Waals surface area contributed by atoms with Crippen LogP contribution in [0.15, 0.2) is 12.1 Å². The van der Waals surface area contributed by atoms with Gasteiger partial charge in [0.15, 0.2) is 0 Å². The van der Waals surface area contributed by atoms with E-state index in [2.05, 4.69) is 29.4 Å². The minimum absolute atomic E-state index is 0.428. The van der Waals surface area contributed by atoms with Gasteiger partial charge in [0.2, 0.25) is 0 Å². The van der Waals surface area contributed by atoms with Crippen LogP contribution in [0.1, 0.15) is 17.0 Å². The van der Waals surface area contributed by atoms with Crippen molar-refractivity contribution < 1.29 is 9.47 Å². The Morgan fingerprint density at radius 3 is 2.63 bits per heavy atom. The first-order valence-electron chi connectivity index (χ1n) is 6.77. The molecule has 19 heavy (non-hydrogen) atoms. The molecule has 0 amide bonds. The molecule has 0 aliphatic carbocycles. The van der Waals surface area contributed by atoms with Crippen LogP contribution in [0.5, 0.6) is 11.5 Å². The zero-order valence-electron chi connectivity index (χ0n) is 12.3. The van der Waals surface area contributed by atoms with Crippen LogP contribution in [0.3, 0.4) is 0 Å². The van der Waals surface area contributed by atoms with Gasteiger partial charge in [0.05, 0.1) is 14.2 Å². The minimum Gasteiger partial charge on any atom is -0.496 e. The lowest BCUT2D eigenvalue weighted by atomic mass is 9.96. The highest BCUT2D eigenvalue weighted by Gasteiger charge is 2.21. The summed E-state index contributed by atoms with van der Waals surface area (Å²) in [6.45, 7) is 6.19. The zero-order valence-corrected chi connectivity index (χ0v) is 12.3. The van der Waals surface area contributed by atoms with Crippen molar-refractivity contribution in [2.45, 2.75) is 12.8 Å². The summed E-state index contributed by atoms with van der Waals surface area (Å²) >= 11 is 0. The van der Waals surface area contributed by atoms with E-state index in [0.717, 1.165) is 43.2 Å². The molecule has 1 heterocycles. The lowest BCUT2D eigenvalue weighted by molar-refractivity contribution is 0.335. The summed E-state index contributed by atoms with van der Waals surface area (Å²) in [5.74, 6) is 2.32. The van der Waals surface area contributed by atoms with Crippen molar-refractivity contribution in [2.75, 3.05) is 47.4 Å². The molecule has 4 heteroatoms. The maximum Gasteiger partial charge on any atom is 0.122 e. The van der Waals surface area contributed by atoms with Crippen molar-refractivity contribution in [3.8, 4) is 11.5 Å². The number of aryl methyl sites for hydroxylation is 1. The van der Waals surface area contributed by atoms with E-state index in [1.54, 1.807) is 14.2 Å². The fourth-order valence-corrected chi connectivity index (χ4v) is 2.68. The highest BCUT2D eigenvalue weighted by Crippen LogP contribution is 2.33. The Morgan fingerprint density at radius 1 is 1.21 bits per heavy atom. The fraction of sp³-hybridized carbons (Fsp3) is 0.600. The van der Waals surface area contributed by atoms with Crippen LogP contribution in [0.25, 0.3) is 0 Å². The summed E-state index contributed by atoms with van der Waals surface area (Å²) < 4.78 is 11.0. The van der Waals surface area contributed by atoms with Gasteiger partial charge in [-0.05, 0) is 31.7 Å². The molecule has 106 valence electrons. The Bertz CT molecular complexity index is 434. The first-order chi connectivity index (χ1) is 9.15. The van der Waals surface area contributed by atoms with Crippen LogP contribution < -0.4 is 14.8 Å². The van der Waals surface area contributed by atoms with Gasteiger partial charge >= 0.3 is 0 Å². The van der Waals surface area contributed by atoms with Crippen molar-refractivity contribution in [1.82, 2.24) is 10.2 Å². The summed E-state index contributed by atoms with van der Waals surface area (Å²) in [6.07, 6.45) is 0. The van der Waals surface area contributed by atoms with Gasteiger partial charge < -0.3 is 19.7 Å².